The van der Waals surface area contributed by atoms with Crippen molar-refractivity contribution in [2.75, 3.05) is 11.1 Å². The largest absolute Gasteiger partial charge is 0.368 e. The van der Waals surface area contributed by atoms with Gasteiger partial charge in [-0.2, -0.15) is 15.0 Å². The lowest BCUT2D eigenvalue weighted by Crippen LogP contribution is -2.31. The molecule has 3 N–H and O–H groups in total. The van der Waals surface area contributed by atoms with Gasteiger partial charge < -0.3 is 11.1 Å². The predicted molar refractivity (Wildman–Crippen MR) is 94.8 cm³/mol. The third kappa shape index (κ3) is 3.35. The monoisotopic (exact) mass is 368 g/mol. The second-order valence-corrected chi connectivity index (χ2v) is 6.48. The Hall–Kier alpha value is -3.36. The molecule has 1 aliphatic heterocycles. The fourth-order valence-electron chi connectivity index (χ4n) is 3.39. The lowest BCUT2D eigenvalue weighted by atomic mass is 9.85. The van der Waals surface area contributed by atoms with Crippen LogP contribution < -0.4 is 11.1 Å². The van der Waals surface area contributed by atoms with Gasteiger partial charge in [-0.1, -0.05) is 12.2 Å². The van der Waals surface area contributed by atoms with E-state index in [4.69, 9.17) is 5.73 Å². The lowest BCUT2D eigenvalue weighted by molar-refractivity contribution is -0.140. The Kier molecular flexibility index (Phi) is 4.27. The number of anilines is 3. The number of carbonyl (C=O) groups excluding carboxylic acids is 2. The van der Waals surface area contributed by atoms with Gasteiger partial charge in [0.25, 0.3) is 0 Å². The predicted octanol–water partition coefficient (Wildman–Crippen LogP) is 1.79. The molecule has 1 aromatic carbocycles. The SMILES string of the molecule is Nc1nc(CN2C(=O)[C@@H]3CC=CC[C@H]3C2=O)nc(Nc2ccc(F)cc2)n1. The number of rotatable bonds is 4. The fraction of sp³-hybridized carbons (Fsp3) is 0.278. The summed E-state index contributed by atoms with van der Waals surface area (Å²) < 4.78 is 13.0. The molecule has 138 valence electrons. The molecule has 4 rings (SSSR count). The van der Waals surface area contributed by atoms with E-state index in [-0.39, 0.29) is 53.7 Å². The van der Waals surface area contributed by atoms with Gasteiger partial charge in [0, 0.05) is 5.69 Å². The molecule has 2 heterocycles. The van der Waals surface area contributed by atoms with Gasteiger partial charge in [0.05, 0.1) is 18.4 Å². The van der Waals surface area contributed by atoms with E-state index < -0.39 is 0 Å². The number of likely N-dealkylation sites (tertiary alicyclic amines) is 1. The van der Waals surface area contributed by atoms with E-state index in [1.54, 1.807) is 0 Å². The molecule has 0 unspecified atom stereocenters. The van der Waals surface area contributed by atoms with Crippen LogP contribution in [0.5, 0.6) is 0 Å². The standard InChI is InChI=1S/C18H17FN6O2/c19-10-5-7-11(8-6-10)21-18-23-14(22-17(20)24-18)9-25-15(26)12-3-1-2-4-13(12)16(25)27/h1-2,5-8,12-13H,3-4,9H2,(H3,20,21,22,23,24)/t12-,13-/m1/s1. The van der Waals surface area contributed by atoms with Gasteiger partial charge in [-0.05, 0) is 37.1 Å². The number of allylic oxidation sites excluding steroid dienone is 2. The molecule has 1 aromatic heterocycles. The number of hydrogen-bond acceptors (Lipinski definition) is 7. The summed E-state index contributed by atoms with van der Waals surface area (Å²) in [5.41, 5.74) is 6.31. The highest BCUT2D eigenvalue weighted by molar-refractivity contribution is 6.05. The molecular formula is C18H17FN6O2. The van der Waals surface area contributed by atoms with Crippen molar-refractivity contribution in [1.82, 2.24) is 19.9 Å². The molecule has 2 aliphatic rings. The minimum absolute atomic E-state index is 0.0391. The van der Waals surface area contributed by atoms with Gasteiger partial charge >= 0.3 is 0 Å². The van der Waals surface area contributed by atoms with E-state index in [0.29, 0.717) is 18.5 Å². The molecule has 0 saturated carbocycles. The highest BCUT2D eigenvalue weighted by Gasteiger charge is 2.47. The van der Waals surface area contributed by atoms with Gasteiger partial charge in [-0.3, -0.25) is 14.5 Å². The number of aromatic nitrogens is 3. The van der Waals surface area contributed by atoms with Gasteiger partial charge in [-0.15, -0.1) is 0 Å². The number of fused-ring (bicyclic) bond motifs is 1. The minimum atomic E-state index is -0.363. The zero-order chi connectivity index (χ0) is 19.0. The van der Waals surface area contributed by atoms with Crippen molar-refractivity contribution in [1.29, 1.82) is 0 Å². The van der Waals surface area contributed by atoms with Crippen LogP contribution in [0.4, 0.5) is 22.0 Å². The van der Waals surface area contributed by atoms with Crippen LogP contribution in [-0.2, 0) is 16.1 Å². The van der Waals surface area contributed by atoms with E-state index >= 15 is 0 Å². The number of carbonyl (C=O) groups is 2. The summed E-state index contributed by atoms with van der Waals surface area (Å²) in [5.74, 6) is -1.07. The molecule has 1 saturated heterocycles. The third-order valence-electron chi connectivity index (χ3n) is 4.70. The van der Waals surface area contributed by atoms with Crippen molar-refractivity contribution >= 4 is 29.4 Å². The number of amides is 2. The Balaban J connectivity index is 1.54. The molecule has 2 aromatic rings. The first kappa shape index (κ1) is 17.1. The van der Waals surface area contributed by atoms with Crippen LogP contribution in [0, 0.1) is 17.7 Å². The molecule has 8 nitrogen and oxygen atoms in total. The summed E-state index contributed by atoms with van der Waals surface area (Å²) in [7, 11) is 0. The molecule has 0 radical (unpaired) electrons. The van der Waals surface area contributed by atoms with Crippen LogP contribution >= 0.6 is 0 Å². The van der Waals surface area contributed by atoms with Crippen molar-refractivity contribution in [2.24, 2.45) is 11.8 Å². The van der Waals surface area contributed by atoms with Gasteiger partial charge in [0.2, 0.25) is 23.7 Å². The van der Waals surface area contributed by atoms with Crippen LogP contribution in [0.15, 0.2) is 36.4 Å². The average molecular weight is 368 g/mol. The molecule has 0 bridgehead atoms. The van der Waals surface area contributed by atoms with Crippen LogP contribution in [0.3, 0.4) is 0 Å². The summed E-state index contributed by atoms with van der Waals surface area (Å²) in [6, 6.07) is 5.65. The Bertz CT molecular complexity index is 904. The molecule has 1 aliphatic carbocycles. The van der Waals surface area contributed by atoms with Crippen LogP contribution in [0.25, 0.3) is 0 Å². The normalized spacial score (nSPS) is 21.4. The second-order valence-electron chi connectivity index (χ2n) is 6.48. The van der Waals surface area contributed by atoms with Crippen molar-refractivity contribution in [3.63, 3.8) is 0 Å². The first-order valence-electron chi connectivity index (χ1n) is 8.54. The Morgan fingerprint density at radius 2 is 1.67 bits per heavy atom. The average Bonchev–Trinajstić information content (AvgIpc) is 2.89. The number of imide groups is 1. The summed E-state index contributed by atoms with van der Waals surface area (Å²) in [5, 5.41) is 2.90. The number of halogens is 1. The Morgan fingerprint density at radius 1 is 1.04 bits per heavy atom. The van der Waals surface area contributed by atoms with Crippen molar-refractivity contribution < 1.29 is 14.0 Å². The van der Waals surface area contributed by atoms with Crippen LogP contribution in [0.2, 0.25) is 0 Å². The van der Waals surface area contributed by atoms with Crippen molar-refractivity contribution in [3.8, 4) is 0 Å². The first-order chi connectivity index (χ1) is 13.0. The van der Waals surface area contributed by atoms with Gasteiger partial charge in [0.15, 0.2) is 5.82 Å². The van der Waals surface area contributed by atoms with E-state index in [1.165, 1.54) is 29.2 Å². The summed E-state index contributed by atoms with van der Waals surface area (Å²) in [6.45, 7) is -0.0600. The van der Waals surface area contributed by atoms with Crippen molar-refractivity contribution in [2.45, 2.75) is 19.4 Å². The molecule has 9 heteroatoms. The molecular weight excluding hydrogens is 351 g/mol. The van der Waals surface area contributed by atoms with Gasteiger partial charge in [-0.25, -0.2) is 4.39 Å². The number of hydrogen-bond donors (Lipinski definition) is 2. The maximum absolute atomic E-state index is 13.0. The quantitative estimate of drug-likeness (QED) is 0.624. The third-order valence-corrected chi connectivity index (χ3v) is 4.70. The minimum Gasteiger partial charge on any atom is -0.368 e. The van der Waals surface area contributed by atoms with Gasteiger partial charge in [0.1, 0.15) is 5.82 Å². The Morgan fingerprint density at radius 3 is 2.30 bits per heavy atom. The number of nitrogen functional groups attached to an aromatic ring is 1. The topological polar surface area (TPSA) is 114 Å². The highest BCUT2D eigenvalue weighted by Crippen LogP contribution is 2.35. The summed E-state index contributed by atoms with van der Waals surface area (Å²) >= 11 is 0. The van der Waals surface area contributed by atoms with Crippen molar-refractivity contribution in [3.05, 3.63) is 48.1 Å². The fourth-order valence-corrected chi connectivity index (χ4v) is 3.39. The molecule has 27 heavy (non-hydrogen) atoms. The maximum atomic E-state index is 13.0. The van der Waals surface area contributed by atoms with Crippen LogP contribution in [-0.4, -0.2) is 31.7 Å². The Labute approximate surface area is 154 Å². The zero-order valence-electron chi connectivity index (χ0n) is 14.3. The maximum Gasteiger partial charge on any atom is 0.233 e. The summed E-state index contributed by atoms with van der Waals surface area (Å²) in [6.07, 6.45) is 5.01. The zero-order valence-corrected chi connectivity index (χ0v) is 14.3. The van der Waals surface area contributed by atoms with E-state index in [9.17, 15) is 14.0 Å². The second kappa shape index (κ2) is 6.75. The first-order valence-corrected chi connectivity index (χ1v) is 8.54. The summed E-state index contributed by atoms with van der Waals surface area (Å²) in [4.78, 5) is 38.6. The lowest BCUT2D eigenvalue weighted by Gasteiger charge is -2.14. The number of nitrogens with two attached hydrogens (primary N) is 1. The molecule has 0 spiro atoms. The van der Waals surface area contributed by atoms with E-state index in [2.05, 4.69) is 20.3 Å². The van der Waals surface area contributed by atoms with E-state index in [0.717, 1.165) is 0 Å². The number of benzene rings is 1. The van der Waals surface area contributed by atoms with Crippen LogP contribution in [0.1, 0.15) is 18.7 Å². The molecule has 1 fully saturated rings. The number of nitrogens with one attached hydrogen (secondary N) is 1. The smallest absolute Gasteiger partial charge is 0.233 e. The molecule has 2 atom stereocenters. The molecule has 2 amide bonds. The number of nitrogens with zero attached hydrogens (tertiary/aromatic N) is 4. The van der Waals surface area contributed by atoms with E-state index in [1.807, 2.05) is 12.2 Å². The highest BCUT2D eigenvalue weighted by atomic mass is 19.1.